The summed E-state index contributed by atoms with van der Waals surface area (Å²) in [6.45, 7) is 5.64. The number of thioether (sulfide) groups is 1. The maximum Gasteiger partial charge on any atom is 0.146 e. The fourth-order valence-electron chi connectivity index (χ4n) is 2.29. The van der Waals surface area contributed by atoms with Crippen LogP contribution >= 0.6 is 11.8 Å². The molecule has 0 bridgehead atoms. The fourth-order valence-corrected chi connectivity index (χ4v) is 3.17. The van der Waals surface area contributed by atoms with Crippen molar-refractivity contribution in [2.24, 2.45) is 0 Å². The summed E-state index contributed by atoms with van der Waals surface area (Å²) < 4.78 is 14.1. The predicted molar refractivity (Wildman–Crippen MR) is 77.9 cm³/mol. The van der Waals surface area contributed by atoms with E-state index < -0.39 is 0 Å². The number of nitrogens with one attached hydrogen (secondary N) is 1. The van der Waals surface area contributed by atoms with E-state index in [1.165, 1.54) is 5.75 Å². The van der Waals surface area contributed by atoms with Gasteiger partial charge in [-0.15, -0.1) is 0 Å². The van der Waals surface area contributed by atoms with Crippen molar-refractivity contribution in [3.63, 3.8) is 0 Å². The molecule has 0 unspecified atom stereocenters. The maximum atomic E-state index is 14.1. The van der Waals surface area contributed by atoms with Gasteiger partial charge in [-0.05, 0) is 30.3 Å². The molecule has 0 radical (unpaired) electrons. The van der Waals surface area contributed by atoms with Gasteiger partial charge in [-0.3, -0.25) is 0 Å². The second-order valence-corrected chi connectivity index (χ2v) is 5.71. The van der Waals surface area contributed by atoms with Gasteiger partial charge in [-0.1, -0.05) is 19.1 Å². The number of rotatable bonds is 4. The van der Waals surface area contributed by atoms with Gasteiger partial charge in [0, 0.05) is 25.4 Å². The zero-order valence-corrected chi connectivity index (χ0v) is 11.7. The van der Waals surface area contributed by atoms with E-state index in [0.717, 1.165) is 49.6 Å². The van der Waals surface area contributed by atoms with E-state index in [-0.39, 0.29) is 5.82 Å². The molecular formula is C14H21FN2S. The molecule has 18 heavy (non-hydrogen) atoms. The summed E-state index contributed by atoms with van der Waals surface area (Å²) in [6.07, 6.45) is 1.14. The molecule has 1 saturated heterocycles. The molecule has 2 rings (SSSR count). The summed E-state index contributed by atoms with van der Waals surface area (Å²) in [5, 5.41) is 3.29. The third kappa shape index (κ3) is 3.39. The molecule has 1 fully saturated rings. The largest absolute Gasteiger partial charge is 0.368 e. The molecule has 0 atom stereocenters. The SMILES string of the molecule is CCNCc1cccc(F)c1N1CCCSCC1. The monoisotopic (exact) mass is 268 g/mol. The lowest BCUT2D eigenvalue weighted by molar-refractivity contribution is 0.611. The lowest BCUT2D eigenvalue weighted by Crippen LogP contribution is -2.28. The van der Waals surface area contributed by atoms with Gasteiger partial charge in [0.05, 0.1) is 5.69 Å². The summed E-state index contributed by atoms with van der Waals surface area (Å²) in [4.78, 5) is 2.21. The molecule has 0 aliphatic carbocycles. The molecule has 2 nitrogen and oxygen atoms in total. The zero-order valence-electron chi connectivity index (χ0n) is 10.9. The van der Waals surface area contributed by atoms with Crippen molar-refractivity contribution in [1.82, 2.24) is 5.32 Å². The first-order chi connectivity index (χ1) is 8.83. The summed E-state index contributed by atoms with van der Waals surface area (Å²) in [5.41, 5.74) is 1.88. The molecule has 1 aromatic carbocycles. The van der Waals surface area contributed by atoms with Crippen molar-refractivity contribution in [1.29, 1.82) is 0 Å². The quantitative estimate of drug-likeness (QED) is 0.904. The van der Waals surface area contributed by atoms with Crippen LogP contribution in [0.4, 0.5) is 10.1 Å². The number of hydrogen-bond acceptors (Lipinski definition) is 3. The number of halogens is 1. The molecule has 1 heterocycles. The van der Waals surface area contributed by atoms with Crippen molar-refractivity contribution in [2.75, 3.05) is 36.0 Å². The van der Waals surface area contributed by atoms with Crippen molar-refractivity contribution in [2.45, 2.75) is 19.9 Å². The molecule has 0 amide bonds. The first kappa shape index (κ1) is 13.7. The van der Waals surface area contributed by atoms with Gasteiger partial charge in [-0.25, -0.2) is 4.39 Å². The second kappa shape index (κ2) is 7.00. The van der Waals surface area contributed by atoms with Crippen molar-refractivity contribution in [3.8, 4) is 0 Å². The number of anilines is 1. The van der Waals surface area contributed by atoms with E-state index in [0.29, 0.717) is 0 Å². The molecule has 100 valence electrons. The minimum atomic E-state index is -0.0858. The van der Waals surface area contributed by atoms with Gasteiger partial charge in [0.15, 0.2) is 0 Å². The highest BCUT2D eigenvalue weighted by Crippen LogP contribution is 2.26. The normalized spacial score (nSPS) is 16.7. The Hall–Kier alpha value is -0.740. The Kier molecular flexibility index (Phi) is 5.32. The molecule has 1 aromatic rings. The highest BCUT2D eigenvalue weighted by molar-refractivity contribution is 7.99. The summed E-state index contributed by atoms with van der Waals surface area (Å²) in [6, 6.07) is 5.40. The zero-order chi connectivity index (χ0) is 12.8. The third-order valence-electron chi connectivity index (χ3n) is 3.17. The van der Waals surface area contributed by atoms with Crippen LogP contribution in [0.25, 0.3) is 0 Å². The molecular weight excluding hydrogens is 247 g/mol. The van der Waals surface area contributed by atoms with E-state index in [1.54, 1.807) is 12.1 Å². The first-order valence-electron chi connectivity index (χ1n) is 6.63. The van der Waals surface area contributed by atoms with Gasteiger partial charge < -0.3 is 10.2 Å². The fraction of sp³-hybridized carbons (Fsp3) is 0.571. The Labute approximate surface area is 113 Å². The van der Waals surface area contributed by atoms with Crippen LogP contribution in [-0.2, 0) is 6.54 Å². The highest BCUT2D eigenvalue weighted by atomic mass is 32.2. The van der Waals surface area contributed by atoms with E-state index in [1.807, 2.05) is 17.8 Å². The van der Waals surface area contributed by atoms with E-state index in [4.69, 9.17) is 0 Å². The number of benzene rings is 1. The maximum absolute atomic E-state index is 14.1. The molecule has 0 spiro atoms. The Morgan fingerprint density at radius 1 is 1.33 bits per heavy atom. The average Bonchev–Trinajstić information content (AvgIpc) is 2.65. The Morgan fingerprint density at radius 2 is 2.22 bits per heavy atom. The molecule has 1 aliphatic heterocycles. The van der Waals surface area contributed by atoms with Gasteiger partial charge in [0.1, 0.15) is 5.82 Å². The second-order valence-electron chi connectivity index (χ2n) is 4.48. The van der Waals surface area contributed by atoms with Crippen LogP contribution < -0.4 is 10.2 Å². The number of para-hydroxylation sites is 1. The Balaban J connectivity index is 2.22. The van der Waals surface area contributed by atoms with Crippen LogP contribution in [0.15, 0.2) is 18.2 Å². The van der Waals surface area contributed by atoms with E-state index >= 15 is 0 Å². The van der Waals surface area contributed by atoms with Crippen LogP contribution in [0, 0.1) is 5.82 Å². The highest BCUT2D eigenvalue weighted by Gasteiger charge is 2.17. The van der Waals surface area contributed by atoms with Crippen LogP contribution in [0.2, 0.25) is 0 Å². The van der Waals surface area contributed by atoms with Crippen LogP contribution in [0.3, 0.4) is 0 Å². The average molecular weight is 268 g/mol. The lowest BCUT2D eigenvalue weighted by atomic mass is 10.1. The Bertz CT molecular complexity index is 376. The van der Waals surface area contributed by atoms with Crippen LogP contribution in [0.5, 0.6) is 0 Å². The minimum Gasteiger partial charge on any atom is -0.368 e. The van der Waals surface area contributed by atoms with Crippen molar-refractivity contribution < 1.29 is 4.39 Å². The van der Waals surface area contributed by atoms with Crippen LogP contribution in [0.1, 0.15) is 18.9 Å². The number of nitrogens with zero attached hydrogens (tertiary/aromatic N) is 1. The van der Waals surface area contributed by atoms with Gasteiger partial charge in [0.2, 0.25) is 0 Å². The van der Waals surface area contributed by atoms with E-state index in [9.17, 15) is 4.39 Å². The molecule has 0 saturated carbocycles. The molecule has 1 N–H and O–H groups in total. The summed E-state index contributed by atoms with van der Waals surface area (Å²) >= 11 is 1.96. The molecule has 1 aliphatic rings. The van der Waals surface area contributed by atoms with Crippen LogP contribution in [-0.4, -0.2) is 31.1 Å². The van der Waals surface area contributed by atoms with Crippen molar-refractivity contribution >= 4 is 17.4 Å². The third-order valence-corrected chi connectivity index (χ3v) is 4.22. The van der Waals surface area contributed by atoms with Gasteiger partial charge in [-0.2, -0.15) is 11.8 Å². The summed E-state index contributed by atoms with van der Waals surface area (Å²) in [7, 11) is 0. The number of hydrogen-bond donors (Lipinski definition) is 1. The van der Waals surface area contributed by atoms with E-state index in [2.05, 4.69) is 17.1 Å². The topological polar surface area (TPSA) is 15.3 Å². The first-order valence-corrected chi connectivity index (χ1v) is 7.79. The molecule has 0 aromatic heterocycles. The summed E-state index contributed by atoms with van der Waals surface area (Å²) in [5.74, 6) is 2.19. The minimum absolute atomic E-state index is 0.0858. The smallest absolute Gasteiger partial charge is 0.146 e. The predicted octanol–water partition coefficient (Wildman–Crippen LogP) is 2.88. The standard InChI is InChI=1S/C14H21FN2S/c1-2-16-11-12-5-3-6-13(15)14(12)17-7-4-9-18-10-8-17/h3,5-6,16H,2,4,7-11H2,1H3. The van der Waals surface area contributed by atoms with Gasteiger partial charge in [0.25, 0.3) is 0 Å². The lowest BCUT2D eigenvalue weighted by Gasteiger charge is -2.25. The molecule has 4 heteroatoms. The van der Waals surface area contributed by atoms with Crippen molar-refractivity contribution in [3.05, 3.63) is 29.6 Å². The Morgan fingerprint density at radius 3 is 3.06 bits per heavy atom. The van der Waals surface area contributed by atoms with Gasteiger partial charge >= 0.3 is 0 Å².